The molecule has 0 aromatic heterocycles. The molecule has 1 aliphatic rings. The van der Waals surface area contributed by atoms with Crippen LogP contribution in [0.4, 0.5) is 0 Å². The molecule has 3 aromatic rings. The van der Waals surface area contributed by atoms with Crippen LogP contribution < -0.4 is 0 Å². The van der Waals surface area contributed by atoms with E-state index in [-0.39, 0.29) is 5.92 Å². The monoisotopic (exact) mass is 274 g/mol. The quantitative estimate of drug-likeness (QED) is 0.759. The lowest BCUT2D eigenvalue weighted by Crippen LogP contribution is -2.07. The van der Waals surface area contributed by atoms with Gasteiger partial charge in [0.25, 0.3) is 0 Å². The average molecular weight is 274 g/mol. The maximum Gasteiger partial charge on any atom is 0.335 e. The van der Waals surface area contributed by atoms with Crippen LogP contribution in [0.2, 0.25) is 0 Å². The Morgan fingerprint density at radius 1 is 0.905 bits per heavy atom. The second kappa shape index (κ2) is 4.45. The van der Waals surface area contributed by atoms with Crippen molar-refractivity contribution in [3.8, 4) is 0 Å². The van der Waals surface area contributed by atoms with Gasteiger partial charge in [0, 0.05) is 5.92 Å². The van der Waals surface area contributed by atoms with Crippen LogP contribution in [-0.4, -0.2) is 11.1 Å². The highest BCUT2D eigenvalue weighted by Crippen LogP contribution is 2.42. The van der Waals surface area contributed by atoms with Crippen molar-refractivity contribution in [2.75, 3.05) is 0 Å². The van der Waals surface area contributed by atoms with E-state index in [0.717, 1.165) is 12.0 Å². The van der Waals surface area contributed by atoms with E-state index in [9.17, 15) is 9.90 Å². The summed E-state index contributed by atoms with van der Waals surface area (Å²) in [5.41, 5.74) is 3.88. The van der Waals surface area contributed by atoms with Crippen molar-refractivity contribution in [2.24, 2.45) is 0 Å². The molecule has 21 heavy (non-hydrogen) atoms. The van der Waals surface area contributed by atoms with Crippen LogP contribution >= 0.6 is 0 Å². The van der Waals surface area contributed by atoms with Gasteiger partial charge in [0.1, 0.15) is 0 Å². The van der Waals surface area contributed by atoms with Crippen molar-refractivity contribution in [3.05, 3.63) is 82.9 Å². The van der Waals surface area contributed by atoms with E-state index in [0.29, 0.717) is 5.56 Å². The Balaban J connectivity index is 1.95. The summed E-state index contributed by atoms with van der Waals surface area (Å²) < 4.78 is 0. The molecule has 0 radical (unpaired) electrons. The van der Waals surface area contributed by atoms with Crippen molar-refractivity contribution in [3.63, 3.8) is 0 Å². The van der Waals surface area contributed by atoms with Crippen LogP contribution in [0.1, 0.15) is 33.0 Å². The van der Waals surface area contributed by atoms with Gasteiger partial charge in [0.05, 0.1) is 5.56 Å². The molecular weight excluding hydrogens is 260 g/mol. The molecule has 3 aromatic carbocycles. The van der Waals surface area contributed by atoms with Gasteiger partial charge >= 0.3 is 5.97 Å². The highest BCUT2D eigenvalue weighted by molar-refractivity contribution is 5.94. The van der Waals surface area contributed by atoms with Crippen LogP contribution in [0.5, 0.6) is 0 Å². The Hall–Kier alpha value is -2.61. The number of carboxylic acids is 1. The lowest BCUT2D eigenvalue weighted by Gasteiger charge is -2.15. The molecule has 0 aliphatic heterocycles. The van der Waals surface area contributed by atoms with Gasteiger partial charge in [-0.1, -0.05) is 54.6 Å². The Kier molecular flexibility index (Phi) is 2.58. The highest BCUT2D eigenvalue weighted by Gasteiger charge is 2.28. The van der Waals surface area contributed by atoms with Crippen molar-refractivity contribution in [1.82, 2.24) is 0 Å². The molecule has 0 fully saturated rings. The van der Waals surface area contributed by atoms with Crippen LogP contribution in [0.3, 0.4) is 0 Å². The molecule has 1 aliphatic carbocycles. The number of carboxylic acid groups (broad SMARTS) is 1. The second-order valence-electron chi connectivity index (χ2n) is 5.51. The Labute approximate surface area is 122 Å². The average Bonchev–Trinajstić information content (AvgIpc) is 2.89. The summed E-state index contributed by atoms with van der Waals surface area (Å²) >= 11 is 0. The zero-order chi connectivity index (χ0) is 14.4. The van der Waals surface area contributed by atoms with E-state index in [1.807, 2.05) is 12.1 Å². The molecule has 102 valence electrons. The molecule has 0 bridgehead atoms. The van der Waals surface area contributed by atoms with Gasteiger partial charge in [-0.15, -0.1) is 0 Å². The van der Waals surface area contributed by atoms with Crippen LogP contribution in [0, 0.1) is 0 Å². The molecule has 1 unspecified atom stereocenters. The Bertz CT molecular complexity index is 859. The maximum absolute atomic E-state index is 11.5. The SMILES string of the molecule is O=C(O)c1ccccc1C1Cc2cccc3cccc1c23. The largest absolute Gasteiger partial charge is 0.478 e. The molecule has 1 N–H and O–H groups in total. The first-order valence-corrected chi connectivity index (χ1v) is 7.08. The van der Waals surface area contributed by atoms with Gasteiger partial charge < -0.3 is 5.11 Å². The number of hydrogen-bond acceptors (Lipinski definition) is 1. The summed E-state index contributed by atoms with van der Waals surface area (Å²) in [6.45, 7) is 0. The first-order valence-electron chi connectivity index (χ1n) is 7.08. The van der Waals surface area contributed by atoms with Crippen molar-refractivity contribution >= 4 is 16.7 Å². The zero-order valence-electron chi connectivity index (χ0n) is 11.4. The fourth-order valence-corrected chi connectivity index (χ4v) is 3.51. The van der Waals surface area contributed by atoms with E-state index >= 15 is 0 Å². The van der Waals surface area contributed by atoms with E-state index < -0.39 is 5.97 Å². The fraction of sp³-hybridized carbons (Fsp3) is 0.105. The first-order chi connectivity index (χ1) is 10.3. The minimum absolute atomic E-state index is 0.137. The Morgan fingerprint density at radius 2 is 1.62 bits per heavy atom. The van der Waals surface area contributed by atoms with Crippen molar-refractivity contribution in [2.45, 2.75) is 12.3 Å². The molecule has 0 amide bonds. The van der Waals surface area contributed by atoms with Gasteiger partial charge in [0.15, 0.2) is 0 Å². The fourth-order valence-electron chi connectivity index (χ4n) is 3.51. The molecule has 0 saturated heterocycles. The minimum atomic E-state index is -0.853. The minimum Gasteiger partial charge on any atom is -0.478 e. The van der Waals surface area contributed by atoms with Crippen LogP contribution in [-0.2, 0) is 6.42 Å². The molecule has 0 heterocycles. The number of benzene rings is 3. The summed E-state index contributed by atoms with van der Waals surface area (Å²) in [5.74, 6) is -0.716. The summed E-state index contributed by atoms with van der Waals surface area (Å²) in [6.07, 6.45) is 0.876. The number of rotatable bonds is 2. The highest BCUT2D eigenvalue weighted by atomic mass is 16.4. The van der Waals surface area contributed by atoms with Crippen LogP contribution in [0.15, 0.2) is 60.7 Å². The van der Waals surface area contributed by atoms with E-state index in [2.05, 4.69) is 36.4 Å². The molecular formula is C19H14O2. The first kappa shape index (κ1) is 12.2. The lowest BCUT2D eigenvalue weighted by atomic mass is 9.88. The molecule has 1 atom stereocenters. The summed E-state index contributed by atoms with van der Waals surface area (Å²) in [6, 6.07) is 20.0. The third kappa shape index (κ3) is 1.76. The normalized spacial score (nSPS) is 16.3. The topological polar surface area (TPSA) is 37.3 Å². The second-order valence-corrected chi connectivity index (χ2v) is 5.51. The van der Waals surface area contributed by atoms with Crippen LogP contribution in [0.25, 0.3) is 10.8 Å². The van der Waals surface area contributed by atoms with Gasteiger partial charge in [-0.2, -0.15) is 0 Å². The predicted molar refractivity (Wildman–Crippen MR) is 82.9 cm³/mol. The Morgan fingerprint density at radius 3 is 2.43 bits per heavy atom. The third-order valence-electron chi connectivity index (χ3n) is 4.39. The van der Waals surface area contributed by atoms with Crippen molar-refractivity contribution < 1.29 is 9.90 Å². The number of aromatic carboxylic acids is 1. The number of hydrogen-bond donors (Lipinski definition) is 1. The summed E-state index contributed by atoms with van der Waals surface area (Å²) in [4.78, 5) is 11.5. The van der Waals surface area contributed by atoms with E-state index in [1.165, 1.54) is 21.9 Å². The van der Waals surface area contributed by atoms with Crippen molar-refractivity contribution in [1.29, 1.82) is 0 Å². The molecule has 2 nitrogen and oxygen atoms in total. The lowest BCUT2D eigenvalue weighted by molar-refractivity contribution is 0.0695. The summed E-state index contributed by atoms with van der Waals surface area (Å²) in [5, 5.41) is 12.0. The third-order valence-corrected chi connectivity index (χ3v) is 4.39. The molecule has 0 spiro atoms. The predicted octanol–water partition coefficient (Wildman–Crippen LogP) is 4.23. The van der Waals surface area contributed by atoms with Gasteiger partial charge in [-0.05, 0) is 39.9 Å². The standard InChI is InChI=1S/C19H14O2/c20-19(21)16-9-2-1-8-14(16)17-11-13-7-3-5-12-6-4-10-15(17)18(12)13/h1-10,17H,11H2,(H,20,21). The van der Waals surface area contributed by atoms with E-state index in [4.69, 9.17) is 0 Å². The van der Waals surface area contributed by atoms with Gasteiger partial charge in [-0.3, -0.25) is 0 Å². The molecule has 4 rings (SSSR count). The zero-order valence-corrected chi connectivity index (χ0v) is 11.4. The van der Waals surface area contributed by atoms with Gasteiger partial charge in [-0.25, -0.2) is 4.79 Å². The van der Waals surface area contributed by atoms with E-state index in [1.54, 1.807) is 12.1 Å². The molecule has 2 heteroatoms. The summed E-state index contributed by atoms with van der Waals surface area (Å²) in [7, 11) is 0. The molecule has 0 saturated carbocycles. The number of carbonyl (C=O) groups is 1. The van der Waals surface area contributed by atoms with Gasteiger partial charge in [0.2, 0.25) is 0 Å². The smallest absolute Gasteiger partial charge is 0.335 e. The maximum atomic E-state index is 11.5.